The smallest absolute Gasteiger partial charge is 0.364 e. The first-order valence-electron chi connectivity index (χ1n) is 40.0. The monoisotopic (exact) mass is 1540 g/mol. The zero-order valence-corrected chi connectivity index (χ0v) is 63.9. The van der Waals surface area contributed by atoms with Crippen LogP contribution in [0.2, 0.25) is 0 Å². The summed E-state index contributed by atoms with van der Waals surface area (Å²) in [6.07, 6.45) is -2.97. The Balaban J connectivity index is 1.44. The third-order valence-corrected chi connectivity index (χ3v) is 21.1. The number of carbonyl (C=O) groups excluding carboxylic acids is 3. The summed E-state index contributed by atoms with van der Waals surface area (Å²) in [6, 6.07) is -4.64. The highest BCUT2D eigenvalue weighted by atomic mass is 16.8. The molecule has 32 nitrogen and oxygen atoms in total. The van der Waals surface area contributed by atoms with Gasteiger partial charge in [-0.3, -0.25) is 14.4 Å². The second-order valence-corrected chi connectivity index (χ2v) is 30.0. The molecule has 32 heteroatoms. The number of nitrogens with one attached hydrogen (secondary N) is 3. The van der Waals surface area contributed by atoms with E-state index in [1.807, 2.05) is 0 Å². The lowest BCUT2D eigenvalue weighted by Crippen LogP contribution is -2.72. The van der Waals surface area contributed by atoms with Crippen LogP contribution in [0.3, 0.4) is 0 Å². The number of hydrogen-bond donors (Lipinski definition) is 19. The number of unbranched alkanes of at least 4 members (excludes halogenated alkanes) is 31. The van der Waals surface area contributed by atoms with E-state index in [2.05, 4.69) is 29.8 Å². The van der Waals surface area contributed by atoms with Crippen LogP contribution in [0.25, 0.3) is 0 Å². The van der Waals surface area contributed by atoms with Gasteiger partial charge in [-0.25, -0.2) is 9.59 Å². The van der Waals surface area contributed by atoms with Crippen LogP contribution in [0, 0.1) is 0 Å². The second-order valence-electron chi connectivity index (χ2n) is 30.0. The molecule has 3 amide bonds. The Morgan fingerprint density at radius 1 is 0.467 bits per heavy atom. The van der Waals surface area contributed by atoms with Crippen molar-refractivity contribution < 1.29 is 144 Å². The minimum absolute atomic E-state index is 0.180. The molecule has 0 aliphatic carbocycles. The fourth-order valence-corrected chi connectivity index (χ4v) is 14.7. The summed E-state index contributed by atoms with van der Waals surface area (Å²) in [5.74, 6) is -13.1. The highest BCUT2D eigenvalue weighted by molar-refractivity contribution is 5.78. The van der Waals surface area contributed by atoms with Gasteiger partial charge >= 0.3 is 11.9 Å². The Kier molecular flexibility index (Phi) is 46.6. The molecular weight excluding hydrogens is 1410 g/mol. The van der Waals surface area contributed by atoms with E-state index in [0.717, 1.165) is 65.2 Å². The summed E-state index contributed by atoms with van der Waals surface area (Å²) in [6.45, 7) is 1.21. The molecule has 4 saturated heterocycles. The molecule has 0 aromatic carbocycles. The van der Waals surface area contributed by atoms with Crippen LogP contribution < -0.4 is 16.0 Å². The fourth-order valence-electron chi connectivity index (χ4n) is 14.7. The van der Waals surface area contributed by atoms with Gasteiger partial charge in [-0.2, -0.15) is 0 Å². The first kappa shape index (κ1) is 95.8. The average Bonchev–Trinajstić information content (AvgIpc) is 0.753. The minimum Gasteiger partial charge on any atom is -0.477 e. The summed E-state index contributed by atoms with van der Waals surface area (Å²) in [7, 11) is 0. The maximum atomic E-state index is 13.6. The van der Waals surface area contributed by atoms with Gasteiger partial charge in [0.1, 0.15) is 85.5 Å². The molecule has 4 fully saturated rings. The Hall–Kier alpha value is -3.53. The van der Waals surface area contributed by atoms with Crippen LogP contribution in [0.1, 0.15) is 265 Å². The molecule has 4 aliphatic rings. The Labute approximate surface area is 631 Å². The standard InChI is InChI=1S/C75H137N3O29/c1-5-7-9-11-13-15-17-19-20-21-22-23-24-25-27-29-31-33-35-37-39-57(89)78-49(50(85)38-36-34-32-30-28-26-18-16-14-12-10-8-6-2)46-100-70-64(94)63(93)66(56(45-82)102-70)103-71-65(95)69(61(91)54(43-80)101-71)107-75(73(98)99)41-52(87)59(77-48(4)84)68(106-75)62(92)55(44-81)104-74(72(96)97)40-51(86)58(76-47(3)83)67(105-74)60(90)53(88)42-79/h49-56,58-71,79-82,85-88,90-95H,5-46H2,1-4H3,(H,76,83)(H,77,84)(H,78,89)(H,96,97)(H,98,99)/t49-,50+,51-,52-,53+,54+,55+,56+,58+,59+,60+,61-,62+,63+,64+,65+,66+,67?,68?,69-,70+,71-,74+,75-/m0/s1. The third-order valence-electron chi connectivity index (χ3n) is 21.1. The topological polar surface area (TPSA) is 519 Å². The number of aliphatic hydroxyl groups excluding tert-OH is 14. The molecule has 4 aliphatic heterocycles. The number of carboxylic acids is 2. The molecule has 107 heavy (non-hydrogen) atoms. The number of carbonyl (C=O) groups is 5. The number of ether oxygens (including phenoxy) is 8. The van der Waals surface area contributed by atoms with E-state index in [0.29, 0.717) is 19.3 Å². The van der Waals surface area contributed by atoms with Gasteiger partial charge in [-0.05, 0) is 12.8 Å². The Morgan fingerprint density at radius 3 is 1.30 bits per heavy atom. The molecule has 0 aromatic rings. The van der Waals surface area contributed by atoms with E-state index < -0.39 is 216 Å². The fraction of sp³-hybridized carbons (Fsp3) is 0.933. The Morgan fingerprint density at radius 2 is 0.879 bits per heavy atom. The molecule has 626 valence electrons. The second kappa shape index (κ2) is 52.0. The summed E-state index contributed by atoms with van der Waals surface area (Å²) in [4.78, 5) is 65.1. The largest absolute Gasteiger partial charge is 0.477 e. The molecule has 4 rings (SSSR count). The van der Waals surface area contributed by atoms with Crippen molar-refractivity contribution in [1.29, 1.82) is 0 Å². The summed E-state index contributed by atoms with van der Waals surface area (Å²) in [5, 5.41) is 185. The zero-order valence-electron chi connectivity index (χ0n) is 63.9. The number of carboxylic acid groups (broad SMARTS) is 2. The maximum Gasteiger partial charge on any atom is 0.364 e. The molecule has 0 radical (unpaired) electrons. The number of aliphatic hydroxyl groups is 14. The molecule has 0 bridgehead atoms. The van der Waals surface area contributed by atoms with Crippen molar-refractivity contribution in [3.8, 4) is 0 Å². The molecule has 2 unspecified atom stereocenters. The van der Waals surface area contributed by atoms with E-state index in [9.17, 15) is 106 Å². The van der Waals surface area contributed by atoms with Crippen LogP contribution in [0.15, 0.2) is 0 Å². The van der Waals surface area contributed by atoms with Crippen LogP contribution in [-0.4, -0.2) is 290 Å². The minimum atomic E-state index is -3.39. The molecule has 0 saturated carbocycles. The lowest BCUT2D eigenvalue weighted by atomic mass is 9.87. The van der Waals surface area contributed by atoms with Gasteiger partial charge in [0.05, 0.1) is 69.5 Å². The quantitative estimate of drug-likeness (QED) is 0.0389. The lowest BCUT2D eigenvalue weighted by molar-refractivity contribution is -0.388. The highest BCUT2D eigenvalue weighted by Crippen LogP contribution is 2.41. The first-order chi connectivity index (χ1) is 51.2. The van der Waals surface area contributed by atoms with Crippen molar-refractivity contribution in [3.63, 3.8) is 0 Å². The molecule has 19 N–H and O–H groups in total. The predicted molar refractivity (Wildman–Crippen MR) is 386 cm³/mol. The first-order valence-corrected chi connectivity index (χ1v) is 40.0. The van der Waals surface area contributed by atoms with Crippen LogP contribution in [0.4, 0.5) is 0 Å². The number of rotatable bonds is 58. The van der Waals surface area contributed by atoms with E-state index >= 15 is 0 Å². The van der Waals surface area contributed by atoms with Crippen molar-refractivity contribution in [3.05, 3.63) is 0 Å². The van der Waals surface area contributed by atoms with Gasteiger partial charge in [0.15, 0.2) is 12.6 Å². The van der Waals surface area contributed by atoms with E-state index in [4.69, 9.17) is 37.9 Å². The lowest BCUT2D eigenvalue weighted by Gasteiger charge is -2.51. The van der Waals surface area contributed by atoms with Crippen molar-refractivity contribution in [2.45, 2.75) is 411 Å². The van der Waals surface area contributed by atoms with Gasteiger partial charge in [0.2, 0.25) is 17.7 Å². The van der Waals surface area contributed by atoms with E-state index in [1.54, 1.807) is 0 Å². The molecular formula is C75H137N3O29. The Bertz CT molecular complexity index is 2450. The molecule has 0 spiro atoms. The van der Waals surface area contributed by atoms with Crippen LogP contribution in [0.5, 0.6) is 0 Å². The van der Waals surface area contributed by atoms with E-state index in [-0.39, 0.29) is 12.3 Å². The number of hydrogen-bond acceptors (Lipinski definition) is 27. The van der Waals surface area contributed by atoms with Gasteiger partial charge in [0.25, 0.3) is 11.6 Å². The SMILES string of the molecule is CCCCCCCCCCCCCCCCCCCCCCC(=O)N[C@@H](CO[C@@H]1O[C@H](CO)[C@@H](O[C@@H]2O[C@H](CO)[C@H](O)[C@H](O[C@]3(C(=O)O)C[C@H](O)[C@@H](NC(C)=O)C([C@H](O)[C@@H](CO)O[C@]4(C(=O)O)C[C@H](O)[C@@H](NC(C)=O)C([C@H](O)[C@H](O)CO)O4)O3)[C@H]2O)[C@H](O)[C@H]1O)[C@H](O)CCCCCCCCCCCCCCC. The normalized spacial score (nSPS) is 30.7. The molecule has 0 aromatic heterocycles. The zero-order chi connectivity index (χ0) is 79.1. The molecule has 24 atom stereocenters. The third kappa shape index (κ3) is 31.8. The summed E-state index contributed by atoms with van der Waals surface area (Å²) >= 11 is 0. The van der Waals surface area contributed by atoms with Gasteiger partial charge in [0, 0.05) is 33.1 Å². The van der Waals surface area contributed by atoms with Crippen molar-refractivity contribution in [2.24, 2.45) is 0 Å². The number of amides is 3. The van der Waals surface area contributed by atoms with Crippen molar-refractivity contribution >= 4 is 29.7 Å². The van der Waals surface area contributed by atoms with Crippen LogP contribution in [-0.2, 0) is 61.9 Å². The maximum absolute atomic E-state index is 13.6. The van der Waals surface area contributed by atoms with Gasteiger partial charge in [-0.15, -0.1) is 0 Å². The van der Waals surface area contributed by atoms with E-state index in [1.165, 1.54) is 148 Å². The average molecular weight is 1540 g/mol. The van der Waals surface area contributed by atoms with Gasteiger partial charge in [-0.1, -0.05) is 219 Å². The van der Waals surface area contributed by atoms with Crippen molar-refractivity contribution in [1.82, 2.24) is 16.0 Å². The summed E-state index contributed by atoms with van der Waals surface area (Å²) < 4.78 is 46.6. The van der Waals surface area contributed by atoms with Gasteiger partial charge < -0.3 is 136 Å². The predicted octanol–water partition coefficient (Wildman–Crippen LogP) is 2.51. The van der Waals surface area contributed by atoms with Crippen LogP contribution >= 0.6 is 0 Å². The van der Waals surface area contributed by atoms with Crippen molar-refractivity contribution in [2.75, 3.05) is 33.0 Å². The summed E-state index contributed by atoms with van der Waals surface area (Å²) in [5.41, 5.74) is 0. The molecule has 4 heterocycles. The highest BCUT2D eigenvalue weighted by Gasteiger charge is 2.62. The number of aliphatic carboxylic acids is 2.